The number of rotatable bonds is 6. The Labute approximate surface area is 159 Å². The van der Waals surface area contributed by atoms with Crippen LogP contribution in [-0.4, -0.2) is 12.0 Å². The molecule has 4 heteroatoms. The highest BCUT2D eigenvalue weighted by Crippen LogP contribution is 2.23. The zero-order chi connectivity index (χ0) is 19.2. The molecule has 0 bridgehead atoms. The smallest absolute Gasteiger partial charge is 0.265 e. The highest BCUT2D eigenvalue weighted by atomic mass is 16.5. The number of nitrogens with one attached hydrogen (secondary N) is 1. The molecule has 0 aliphatic rings. The van der Waals surface area contributed by atoms with Crippen LogP contribution in [0.1, 0.15) is 18.1 Å². The molecule has 27 heavy (non-hydrogen) atoms. The van der Waals surface area contributed by atoms with Gasteiger partial charge in [0.25, 0.3) is 5.91 Å². The van der Waals surface area contributed by atoms with Crippen LogP contribution in [0.2, 0.25) is 0 Å². The van der Waals surface area contributed by atoms with Crippen LogP contribution in [0.25, 0.3) is 0 Å². The number of anilines is 1. The number of carbonyl (C=O) groups is 1. The van der Waals surface area contributed by atoms with Gasteiger partial charge in [0.15, 0.2) is 6.10 Å². The van der Waals surface area contributed by atoms with Gasteiger partial charge < -0.3 is 14.8 Å². The highest BCUT2D eigenvalue weighted by molar-refractivity contribution is 5.94. The number of para-hydroxylation sites is 1. The van der Waals surface area contributed by atoms with Crippen LogP contribution in [0, 0.1) is 13.8 Å². The van der Waals surface area contributed by atoms with Crippen LogP contribution in [0.3, 0.4) is 0 Å². The molecule has 0 radical (unpaired) electrons. The van der Waals surface area contributed by atoms with E-state index in [2.05, 4.69) is 5.32 Å². The first-order chi connectivity index (χ1) is 13.0. The van der Waals surface area contributed by atoms with Crippen LogP contribution >= 0.6 is 0 Å². The van der Waals surface area contributed by atoms with E-state index in [1.807, 2.05) is 74.5 Å². The van der Waals surface area contributed by atoms with Crippen molar-refractivity contribution in [2.45, 2.75) is 26.9 Å². The Hall–Kier alpha value is -3.27. The summed E-state index contributed by atoms with van der Waals surface area (Å²) in [5.74, 6) is 1.96. The first-order valence-electron chi connectivity index (χ1n) is 8.89. The highest BCUT2D eigenvalue weighted by Gasteiger charge is 2.15. The SMILES string of the molecule is Cc1ccc(O[C@H](C)C(=O)Nc2ccc(Oc3ccccc3)cc2)cc1C. The van der Waals surface area contributed by atoms with E-state index in [0.717, 1.165) is 11.3 Å². The van der Waals surface area contributed by atoms with E-state index in [-0.39, 0.29) is 5.91 Å². The normalized spacial score (nSPS) is 11.5. The number of carbonyl (C=O) groups excluding carboxylic acids is 1. The Balaban J connectivity index is 1.57. The number of aryl methyl sites for hydroxylation is 2. The Morgan fingerprint density at radius 3 is 2.11 bits per heavy atom. The number of amides is 1. The van der Waals surface area contributed by atoms with E-state index in [9.17, 15) is 4.79 Å². The molecule has 0 saturated heterocycles. The lowest BCUT2D eigenvalue weighted by Gasteiger charge is -2.16. The molecule has 1 amide bonds. The van der Waals surface area contributed by atoms with Crippen molar-refractivity contribution < 1.29 is 14.3 Å². The molecule has 0 spiro atoms. The summed E-state index contributed by atoms with van der Waals surface area (Å²) < 4.78 is 11.5. The molecular weight excluding hydrogens is 338 g/mol. The van der Waals surface area contributed by atoms with E-state index >= 15 is 0 Å². The fourth-order valence-electron chi connectivity index (χ4n) is 2.52. The summed E-state index contributed by atoms with van der Waals surface area (Å²) in [7, 11) is 0. The molecule has 0 saturated carbocycles. The minimum absolute atomic E-state index is 0.204. The van der Waals surface area contributed by atoms with Crippen LogP contribution in [0.5, 0.6) is 17.2 Å². The molecule has 3 aromatic carbocycles. The molecule has 0 aliphatic carbocycles. The monoisotopic (exact) mass is 361 g/mol. The molecule has 4 nitrogen and oxygen atoms in total. The topological polar surface area (TPSA) is 47.6 Å². The molecule has 0 unspecified atom stereocenters. The third kappa shape index (κ3) is 5.11. The molecule has 1 atom stereocenters. The summed E-state index contributed by atoms with van der Waals surface area (Å²) in [5, 5.41) is 2.86. The third-order valence-electron chi connectivity index (χ3n) is 4.26. The van der Waals surface area contributed by atoms with Gasteiger partial charge in [0.1, 0.15) is 17.2 Å². The lowest BCUT2D eigenvalue weighted by Crippen LogP contribution is -2.30. The second-order valence-electron chi connectivity index (χ2n) is 6.43. The number of ether oxygens (including phenoxy) is 2. The average molecular weight is 361 g/mol. The Bertz CT molecular complexity index is 905. The number of hydrogen-bond donors (Lipinski definition) is 1. The summed E-state index contributed by atoms with van der Waals surface area (Å²) in [6.07, 6.45) is -0.604. The van der Waals surface area contributed by atoms with Gasteiger partial charge in [-0.2, -0.15) is 0 Å². The lowest BCUT2D eigenvalue weighted by molar-refractivity contribution is -0.122. The molecule has 0 fully saturated rings. The maximum absolute atomic E-state index is 12.4. The van der Waals surface area contributed by atoms with E-state index in [0.29, 0.717) is 17.2 Å². The molecule has 0 aliphatic heterocycles. The molecule has 138 valence electrons. The van der Waals surface area contributed by atoms with E-state index in [1.165, 1.54) is 5.56 Å². The Morgan fingerprint density at radius 1 is 0.815 bits per heavy atom. The third-order valence-corrected chi connectivity index (χ3v) is 4.26. The van der Waals surface area contributed by atoms with Crippen molar-refractivity contribution in [3.05, 3.63) is 83.9 Å². The predicted octanol–water partition coefficient (Wildman–Crippen LogP) is 5.50. The summed E-state index contributed by atoms with van der Waals surface area (Å²) >= 11 is 0. The summed E-state index contributed by atoms with van der Waals surface area (Å²) in [4.78, 5) is 12.4. The molecular formula is C23H23NO3. The van der Waals surface area contributed by atoms with Crippen LogP contribution in [0.15, 0.2) is 72.8 Å². The molecule has 0 aromatic heterocycles. The number of hydrogen-bond acceptors (Lipinski definition) is 3. The fourth-order valence-corrected chi connectivity index (χ4v) is 2.52. The van der Waals surface area contributed by atoms with E-state index < -0.39 is 6.10 Å². The minimum atomic E-state index is -0.604. The second-order valence-corrected chi connectivity index (χ2v) is 6.43. The van der Waals surface area contributed by atoms with Gasteiger partial charge in [-0.25, -0.2) is 0 Å². The fraction of sp³-hybridized carbons (Fsp3) is 0.174. The van der Waals surface area contributed by atoms with Gasteiger partial charge in [0.05, 0.1) is 0 Å². The van der Waals surface area contributed by atoms with Crippen LogP contribution in [0.4, 0.5) is 5.69 Å². The summed E-state index contributed by atoms with van der Waals surface area (Å²) in [6.45, 7) is 5.80. The van der Waals surface area contributed by atoms with Crippen molar-refractivity contribution >= 4 is 11.6 Å². The molecule has 3 aromatic rings. The largest absolute Gasteiger partial charge is 0.481 e. The Kier molecular flexibility index (Phi) is 5.77. The zero-order valence-corrected chi connectivity index (χ0v) is 15.7. The zero-order valence-electron chi connectivity index (χ0n) is 15.7. The van der Waals surface area contributed by atoms with Crippen molar-refractivity contribution in [3.63, 3.8) is 0 Å². The van der Waals surface area contributed by atoms with E-state index in [1.54, 1.807) is 19.1 Å². The minimum Gasteiger partial charge on any atom is -0.481 e. The quantitative estimate of drug-likeness (QED) is 0.630. The first-order valence-corrected chi connectivity index (χ1v) is 8.89. The molecule has 1 N–H and O–H groups in total. The Morgan fingerprint density at radius 2 is 1.44 bits per heavy atom. The summed E-state index contributed by atoms with van der Waals surface area (Å²) in [5.41, 5.74) is 3.02. The van der Waals surface area contributed by atoms with Crippen molar-refractivity contribution in [1.82, 2.24) is 0 Å². The molecule has 3 rings (SSSR count). The second kappa shape index (κ2) is 8.41. The van der Waals surface area contributed by atoms with Crippen molar-refractivity contribution in [3.8, 4) is 17.2 Å². The maximum atomic E-state index is 12.4. The average Bonchev–Trinajstić information content (AvgIpc) is 2.67. The standard InChI is InChI=1S/C23H23NO3/c1-16-9-12-22(15-17(16)2)26-18(3)23(25)24-19-10-13-21(14-11-19)27-20-7-5-4-6-8-20/h4-15,18H,1-3H3,(H,24,25)/t18-/m1/s1. The first kappa shape index (κ1) is 18.5. The van der Waals surface area contributed by atoms with Crippen LogP contribution < -0.4 is 14.8 Å². The maximum Gasteiger partial charge on any atom is 0.265 e. The molecule has 0 heterocycles. The van der Waals surface area contributed by atoms with Gasteiger partial charge in [-0.3, -0.25) is 4.79 Å². The van der Waals surface area contributed by atoms with Gasteiger partial charge in [-0.05, 0) is 80.4 Å². The van der Waals surface area contributed by atoms with Crippen molar-refractivity contribution in [1.29, 1.82) is 0 Å². The van der Waals surface area contributed by atoms with Gasteiger partial charge >= 0.3 is 0 Å². The predicted molar refractivity (Wildman–Crippen MR) is 108 cm³/mol. The lowest BCUT2D eigenvalue weighted by atomic mass is 10.1. The summed E-state index contributed by atoms with van der Waals surface area (Å²) in [6, 6.07) is 22.6. The van der Waals surface area contributed by atoms with Crippen LogP contribution in [-0.2, 0) is 4.79 Å². The van der Waals surface area contributed by atoms with Crippen molar-refractivity contribution in [2.24, 2.45) is 0 Å². The van der Waals surface area contributed by atoms with Gasteiger partial charge in [0, 0.05) is 5.69 Å². The van der Waals surface area contributed by atoms with Gasteiger partial charge in [-0.15, -0.1) is 0 Å². The van der Waals surface area contributed by atoms with Gasteiger partial charge in [0.2, 0.25) is 0 Å². The van der Waals surface area contributed by atoms with Gasteiger partial charge in [-0.1, -0.05) is 24.3 Å². The number of benzene rings is 3. The van der Waals surface area contributed by atoms with E-state index in [4.69, 9.17) is 9.47 Å². The van der Waals surface area contributed by atoms with Crippen molar-refractivity contribution in [2.75, 3.05) is 5.32 Å².